The Kier molecular flexibility index (Phi) is 2.55. The van der Waals surface area contributed by atoms with Gasteiger partial charge in [0, 0.05) is 6.54 Å². The lowest BCUT2D eigenvalue weighted by Gasteiger charge is -2.32. The molecule has 1 saturated carbocycles. The minimum Gasteiger partial charge on any atom is -0.378 e. The summed E-state index contributed by atoms with van der Waals surface area (Å²) in [5.41, 5.74) is 1.55. The van der Waals surface area contributed by atoms with Gasteiger partial charge >= 0.3 is 6.18 Å². The topological polar surface area (TPSA) is 46.2 Å². The lowest BCUT2D eigenvalue weighted by molar-refractivity contribution is -0.288. The second-order valence-electron chi connectivity index (χ2n) is 3.30. The zero-order valence-electron chi connectivity index (χ0n) is 6.81. The van der Waals surface area contributed by atoms with E-state index in [-0.39, 0.29) is 12.8 Å². The minimum absolute atomic E-state index is 0.205. The molecule has 1 fully saturated rings. The molecule has 6 heteroatoms. The molecule has 1 aliphatic carbocycles. The summed E-state index contributed by atoms with van der Waals surface area (Å²) in [4.78, 5) is 0. The van der Waals surface area contributed by atoms with E-state index < -0.39 is 30.4 Å². The first-order valence-corrected chi connectivity index (χ1v) is 3.97. The van der Waals surface area contributed by atoms with Gasteiger partial charge in [-0.2, -0.15) is 13.2 Å². The number of hydrogen-bond acceptors (Lipinski definition) is 2. The van der Waals surface area contributed by atoms with Gasteiger partial charge < -0.3 is 10.8 Å². The summed E-state index contributed by atoms with van der Waals surface area (Å²) in [6, 6.07) is 0. The van der Waals surface area contributed by atoms with Gasteiger partial charge in [-0.05, 0) is 18.8 Å². The van der Waals surface area contributed by atoms with Crippen LogP contribution >= 0.6 is 0 Å². The van der Waals surface area contributed by atoms with Crippen LogP contribution in [0.2, 0.25) is 0 Å². The Balaban J connectivity index is 2.86. The summed E-state index contributed by atoms with van der Waals surface area (Å²) in [7, 11) is 0. The van der Waals surface area contributed by atoms with Crippen LogP contribution in [0, 0.1) is 5.92 Å². The average molecular weight is 201 g/mol. The lowest BCUT2D eigenvalue weighted by atomic mass is 9.91. The van der Waals surface area contributed by atoms with Crippen molar-refractivity contribution in [3.8, 4) is 0 Å². The number of aliphatic hydroxyl groups is 1. The summed E-state index contributed by atoms with van der Waals surface area (Å²) in [5.74, 6) is -1.02. The van der Waals surface area contributed by atoms with E-state index in [1.807, 2.05) is 0 Å². The maximum absolute atomic E-state index is 12.9. The minimum atomic E-state index is -4.94. The monoisotopic (exact) mass is 201 g/mol. The Morgan fingerprint density at radius 2 is 1.85 bits per heavy atom. The Labute approximate surface area is 72.7 Å². The molecule has 1 aliphatic rings. The van der Waals surface area contributed by atoms with Gasteiger partial charge in [0.1, 0.15) is 0 Å². The maximum Gasteiger partial charge on any atom is 0.420 e. The number of hydrogen-bond donors (Lipinski definition) is 2. The number of alkyl halides is 4. The molecular formula is C7H11F4NO. The van der Waals surface area contributed by atoms with Crippen molar-refractivity contribution >= 4 is 0 Å². The molecule has 0 radical (unpaired) electrons. The molecular weight excluding hydrogens is 190 g/mol. The fourth-order valence-electron chi connectivity index (χ4n) is 1.37. The summed E-state index contributed by atoms with van der Waals surface area (Å²) in [5, 5.41) is 9.18. The highest BCUT2D eigenvalue weighted by atomic mass is 19.4. The molecule has 0 bridgehead atoms. The molecule has 1 unspecified atom stereocenters. The van der Waals surface area contributed by atoms with Gasteiger partial charge in [-0.1, -0.05) is 0 Å². The summed E-state index contributed by atoms with van der Waals surface area (Å²) < 4.78 is 49.7. The van der Waals surface area contributed by atoms with Crippen molar-refractivity contribution < 1.29 is 22.7 Å². The Bertz CT molecular complexity index is 191. The zero-order valence-corrected chi connectivity index (χ0v) is 6.81. The normalized spacial score (nSPS) is 25.4. The van der Waals surface area contributed by atoms with Crippen LogP contribution in [-0.2, 0) is 0 Å². The number of nitrogens with two attached hydrogens (primary N) is 1. The molecule has 3 N–H and O–H groups in total. The van der Waals surface area contributed by atoms with E-state index >= 15 is 0 Å². The van der Waals surface area contributed by atoms with Gasteiger partial charge in [0.05, 0.1) is 0 Å². The highest BCUT2D eigenvalue weighted by Gasteiger charge is 2.65. The first kappa shape index (κ1) is 10.7. The molecule has 0 amide bonds. The standard InChI is InChI=1S/C7H11F4NO/c8-5(3-12)6(13,4-1-2-4)7(9,10)11/h4-5,13H,1-3,12H2/t5-,6?/m1/s1. The van der Waals surface area contributed by atoms with Crippen LogP contribution in [0.5, 0.6) is 0 Å². The van der Waals surface area contributed by atoms with Crippen LogP contribution in [-0.4, -0.2) is 29.6 Å². The smallest absolute Gasteiger partial charge is 0.378 e. The van der Waals surface area contributed by atoms with Gasteiger partial charge in [-0.15, -0.1) is 0 Å². The summed E-state index contributed by atoms with van der Waals surface area (Å²) in [6.07, 6.45) is -6.96. The summed E-state index contributed by atoms with van der Waals surface area (Å²) in [6.45, 7) is -0.813. The summed E-state index contributed by atoms with van der Waals surface area (Å²) >= 11 is 0. The molecule has 0 saturated heterocycles. The van der Waals surface area contributed by atoms with Crippen molar-refractivity contribution in [1.29, 1.82) is 0 Å². The molecule has 0 spiro atoms. The van der Waals surface area contributed by atoms with Gasteiger partial charge in [-0.3, -0.25) is 0 Å². The van der Waals surface area contributed by atoms with Gasteiger partial charge in [-0.25, -0.2) is 4.39 Å². The van der Waals surface area contributed by atoms with E-state index in [4.69, 9.17) is 5.73 Å². The molecule has 78 valence electrons. The van der Waals surface area contributed by atoms with Crippen molar-refractivity contribution in [2.24, 2.45) is 11.7 Å². The third-order valence-corrected chi connectivity index (χ3v) is 2.34. The van der Waals surface area contributed by atoms with Crippen molar-refractivity contribution in [2.75, 3.05) is 6.54 Å². The van der Waals surface area contributed by atoms with E-state index in [9.17, 15) is 22.7 Å². The van der Waals surface area contributed by atoms with Crippen LogP contribution in [0.4, 0.5) is 17.6 Å². The van der Waals surface area contributed by atoms with Crippen LogP contribution in [0.1, 0.15) is 12.8 Å². The zero-order chi connectivity index (χ0) is 10.3. The fourth-order valence-corrected chi connectivity index (χ4v) is 1.37. The number of halogens is 4. The van der Waals surface area contributed by atoms with Crippen molar-refractivity contribution in [1.82, 2.24) is 0 Å². The molecule has 0 aromatic carbocycles. The van der Waals surface area contributed by atoms with Crippen molar-refractivity contribution in [3.05, 3.63) is 0 Å². The van der Waals surface area contributed by atoms with E-state index in [1.54, 1.807) is 0 Å². The highest BCUT2D eigenvalue weighted by Crippen LogP contribution is 2.50. The second kappa shape index (κ2) is 3.09. The van der Waals surface area contributed by atoms with E-state index in [1.165, 1.54) is 0 Å². The first-order chi connectivity index (χ1) is 5.84. The van der Waals surface area contributed by atoms with Crippen LogP contribution in [0.3, 0.4) is 0 Å². The maximum atomic E-state index is 12.9. The fraction of sp³-hybridized carbons (Fsp3) is 1.00. The lowest BCUT2D eigenvalue weighted by Crippen LogP contribution is -2.57. The van der Waals surface area contributed by atoms with E-state index in [2.05, 4.69) is 0 Å². The molecule has 2 nitrogen and oxygen atoms in total. The van der Waals surface area contributed by atoms with Gasteiger partial charge in [0.25, 0.3) is 0 Å². The molecule has 0 aromatic rings. The molecule has 0 aromatic heterocycles. The van der Waals surface area contributed by atoms with Crippen LogP contribution in [0.25, 0.3) is 0 Å². The van der Waals surface area contributed by atoms with E-state index in [0.717, 1.165) is 0 Å². The Hall–Kier alpha value is -0.360. The average Bonchev–Trinajstić information content (AvgIpc) is 2.81. The third-order valence-electron chi connectivity index (χ3n) is 2.34. The van der Waals surface area contributed by atoms with Crippen LogP contribution in [0.15, 0.2) is 0 Å². The van der Waals surface area contributed by atoms with Gasteiger partial charge in [0.2, 0.25) is 0 Å². The van der Waals surface area contributed by atoms with Crippen LogP contribution < -0.4 is 5.73 Å². The predicted octanol–water partition coefficient (Wildman–Crippen LogP) is 0.987. The van der Waals surface area contributed by atoms with E-state index in [0.29, 0.717) is 0 Å². The second-order valence-corrected chi connectivity index (χ2v) is 3.30. The predicted molar refractivity (Wildman–Crippen MR) is 37.7 cm³/mol. The molecule has 2 atom stereocenters. The largest absolute Gasteiger partial charge is 0.420 e. The van der Waals surface area contributed by atoms with Crippen molar-refractivity contribution in [2.45, 2.75) is 30.8 Å². The first-order valence-electron chi connectivity index (χ1n) is 3.97. The molecule has 1 rings (SSSR count). The Morgan fingerprint density at radius 3 is 2.08 bits per heavy atom. The Morgan fingerprint density at radius 1 is 1.38 bits per heavy atom. The SMILES string of the molecule is NC[C@@H](F)C(O)(C1CC1)C(F)(F)F. The molecule has 0 aliphatic heterocycles. The third kappa shape index (κ3) is 1.65. The highest BCUT2D eigenvalue weighted by molar-refractivity contribution is 5.04. The molecule has 13 heavy (non-hydrogen) atoms. The molecule has 0 heterocycles. The van der Waals surface area contributed by atoms with Crippen molar-refractivity contribution in [3.63, 3.8) is 0 Å². The van der Waals surface area contributed by atoms with Gasteiger partial charge in [0.15, 0.2) is 11.8 Å². The quantitative estimate of drug-likeness (QED) is 0.669. The number of rotatable bonds is 3.